The Morgan fingerprint density at radius 3 is 2.94 bits per heavy atom. The predicted molar refractivity (Wildman–Crippen MR) is 69.0 cm³/mol. The lowest BCUT2D eigenvalue weighted by atomic mass is 10.1. The van der Waals surface area contributed by atoms with Gasteiger partial charge in [0, 0.05) is 31.0 Å². The fourth-order valence-corrected chi connectivity index (χ4v) is 2.30. The molecule has 1 fully saturated rings. The zero-order valence-corrected chi connectivity index (χ0v) is 11.0. The molecule has 94 valence electrons. The summed E-state index contributed by atoms with van der Waals surface area (Å²) in [5.74, 6) is 0. The Hall–Kier alpha value is -0.930. The van der Waals surface area contributed by atoms with Gasteiger partial charge in [-0.2, -0.15) is 0 Å². The fourth-order valence-electron chi connectivity index (χ4n) is 2.30. The molecular formula is C14H22N2O. The molecule has 1 aromatic rings. The van der Waals surface area contributed by atoms with Crippen molar-refractivity contribution in [1.82, 2.24) is 9.88 Å². The van der Waals surface area contributed by atoms with Crippen molar-refractivity contribution in [3.63, 3.8) is 0 Å². The van der Waals surface area contributed by atoms with Crippen molar-refractivity contribution in [2.45, 2.75) is 39.3 Å². The SMILES string of the molecule is CCc1ccc([C@H](C)N2CCO[C@H](C)C2)cn1. The van der Waals surface area contributed by atoms with Gasteiger partial charge in [-0.1, -0.05) is 13.0 Å². The van der Waals surface area contributed by atoms with E-state index in [1.165, 1.54) is 5.56 Å². The lowest BCUT2D eigenvalue weighted by Gasteiger charge is -2.35. The zero-order chi connectivity index (χ0) is 12.3. The molecule has 1 saturated heterocycles. The Morgan fingerprint density at radius 1 is 1.53 bits per heavy atom. The first-order valence-corrected chi connectivity index (χ1v) is 6.51. The van der Waals surface area contributed by atoms with Crippen LogP contribution in [0.5, 0.6) is 0 Å². The lowest BCUT2D eigenvalue weighted by Crippen LogP contribution is -2.42. The molecule has 2 heterocycles. The second kappa shape index (κ2) is 5.61. The van der Waals surface area contributed by atoms with Crippen LogP contribution in [0.3, 0.4) is 0 Å². The number of hydrogen-bond donors (Lipinski definition) is 0. The fraction of sp³-hybridized carbons (Fsp3) is 0.643. The number of ether oxygens (including phenoxy) is 1. The van der Waals surface area contributed by atoms with Crippen LogP contribution >= 0.6 is 0 Å². The molecule has 0 aliphatic carbocycles. The highest BCUT2D eigenvalue weighted by atomic mass is 16.5. The second-order valence-corrected chi connectivity index (χ2v) is 4.79. The van der Waals surface area contributed by atoms with Gasteiger partial charge in [0.25, 0.3) is 0 Å². The van der Waals surface area contributed by atoms with Crippen LogP contribution in [-0.4, -0.2) is 35.7 Å². The van der Waals surface area contributed by atoms with Crippen LogP contribution in [0.1, 0.15) is 38.1 Å². The smallest absolute Gasteiger partial charge is 0.0674 e. The summed E-state index contributed by atoms with van der Waals surface area (Å²) in [7, 11) is 0. The highest BCUT2D eigenvalue weighted by molar-refractivity contribution is 5.17. The molecule has 3 nitrogen and oxygen atoms in total. The van der Waals surface area contributed by atoms with Crippen LogP contribution in [0.15, 0.2) is 18.3 Å². The van der Waals surface area contributed by atoms with Gasteiger partial charge in [-0.25, -0.2) is 0 Å². The molecule has 0 saturated carbocycles. The molecule has 0 unspecified atom stereocenters. The number of hydrogen-bond acceptors (Lipinski definition) is 3. The number of rotatable bonds is 3. The van der Waals surface area contributed by atoms with Crippen LogP contribution in [0.2, 0.25) is 0 Å². The van der Waals surface area contributed by atoms with Crippen LogP contribution in [0.4, 0.5) is 0 Å². The van der Waals surface area contributed by atoms with Gasteiger partial charge in [-0.3, -0.25) is 9.88 Å². The standard InChI is InChI=1S/C14H22N2O/c1-4-14-6-5-13(9-15-14)12(3)16-7-8-17-11(2)10-16/h5-6,9,11-12H,4,7-8,10H2,1-3H3/t11-,12+/m1/s1. The molecule has 3 heteroatoms. The van der Waals surface area contributed by atoms with E-state index in [1.807, 2.05) is 6.20 Å². The molecule has 17 heavy (non-hydrogen) atoms. The van der Waals surface area contributed by atoms with E-state index in [0.29, 0.717) is 12.1 Å². The van der Waals surface area contributed by atoms with Crippen LogP contribution in [-0.2, 0) is 11.2 Å². The van der Waals surface area contributed by atoms with Gasteiger partial charge in [0.05, 0.1) is 12.7 Å². The molecule has 1 aliphatic heterocycles. The van der Waals surface area contributed by atoms with Crippen molar-refractivity contribution >= 4 is 0 Å². The molecule has 0 radical (unpaired) electrons. The second-order valence-electron chi connectivity index (χ2n) is 4.79. The zero-order valence-electron chi connectivity index (χ0n) is 11.0. The van der Waals surface area contributed by atoms with Crippen LogP contribution in [0.25, 0.3) is 0 Å². The first kappa shape index (κ1) is 12.5. The van der Waals surface area contributed by atoms with Crippen LogP contribution < -0.4 is 0 Å². The number of nitrogens with zero attached hydrogens (tertiary/aromatic N) is 2. The quantitative estimate of drug-likeness (QED) is 0.803. The van der Waals surface area contributed by atoms with Gasteiger partial charge in [-0.05, 0) is 31.9 Å². The first-order chi connectivity index (χ1) is 8.20. The third kappa shape index (κ3) is 3.05. The number of aryl methyl sites for hydroxylation is 1. The summed E-state index contributed by atoms with van der Waals surface area (Å²) in [6.45, 7) is 9.39. The van der Waals surface area contributed by atoms with Crippen molar-refractivity contribution in [1.29, 1.82) is 0 Å². The summed E-state index contributed by atoms with van der Waals surface area (Å²) in [5.41, 5.74) is 2.47. The summed E-state index contributed by atoms with van der Waals surface area (Å²) >= 11 is 0. The molecule has 2 atom stereocenters. The Balaban J connectivity index is 2.04. The minimum atomic E-state index is 0.342. The number of aromatic nitrogens is 1. The van der Waals surface area contributed by atoms with Gasteiger partial charge in [0.2, 0.25) is 0 Å². The highest BCUT2D eigenvalue weighted by Crippen LogP contribution is 2.22. The minimum absolute atomic E-state index is 0.342. The average Bonchev–Trinajstić information content (AvgIpc) is 2.38. The highest BCUT2D eigenvalue weighted by Gasteiger charge is 2.22. The number of morpholine rings is 1. The van der Waals surface area contributed by atoms with Crippen molar-refractivity contribution in [3.8, 4) is 0 Å². The van der Waals surface area contributed by atoms with Gasteiger partial charge in [-0.15, -0.1) is 0 Å². The van der Waals surface area contributed by atoms with E-state index in [-0.39, 0.29) is 0 Å². The summed E-state index contributed by atoms with van der Waals surface area (Å²) in [6.07, 6.45) is 3.36. The van der Waals surface area contributed by atoms with E-state index in [9.17, 15) is 0 Å². The molecule has 0 N–H and O–H groups in total. The third-order valence-corrected chi connectivity index (χ3v) is 3.51. The number of pyridine rings is 1. The van der Waals surface area contributed by atoms with E-state index in [4.69, 9.17) is 4.74 Å². The van der Waals surface area contributed by atoms with Gasteiger partial charge in [0.15, 0.2) is 0 Å². The molecule has 0 spiro atoms. The Morgan fingerprint density at radius 2 is 2.35 bits per heavy atom. The Kier molecular flexibility index (Phi) is 4.13. The van der Waals surface area contributed by atoms with Crippen molar-refractivity contribution < 1.29 is 4.74 Å². The Labute approximate surface area is 104 Å². The average molecular weight is 234 g/mol. The summed E-state index contributed by atoms with van der Waals surface area (Å²) < 4.78 is 5.57. The van der Waals surface area contributed by atoms with E-state index >= 15 is 0 Å². The third-order valence-electron chi connectivity index (χ3n) is 3.51. The maximum absolute atomic E-state index is 5.57. The van der Waals surface area contributed by atoms with Gasteiger partial charge >= 0.3 is 0 Å². The minimum Gasteiger partial charge on any atom is -0.376 e. The predicted octanol–water partition coefficient (Wildman–Crippen LogP) is 2.43. The molecular weight excluding hydrogens is 212 g/mol. The summed E-state index contributed by atoms with van der Waals surface area (Å²) in [5, 5.41) is 0. The molecule has 1 aliphatic rings. The molecule has 0 bridgehead atoms. The van der Waals surface area contributed by atoms with Crippen LogP contribution in [0, 0.1) is 0 Å². The summed E-state index contributed by atoms with van der Waals surface area (Å²) in [4.78, 5) is 6.94. The van der Waals surface area contributed by atoms with E-state index in [2.05, 4.69) is 42.8 Å². The Bertz CT molecular complexity index is 350. The monoisotopic (exact) mass is 234 g/mol. The summed E-state index contributed by atoms with van der Waals surface area (Å²) in [6, 6.07) is 4.77. The maximum atomic E-state index is 5.57. The topological polar surface area (TPSA) is 25.4 Å². The first-order valence-electron chi connectivity index (χ1n) is 6.51. The molecule has 0 aromatic carbocycles. The van der Waals surface area contributed by atoms with E-state index in [0.717, 1.165) is 31.8 Å². The van der Waals surface area contributed by atoms with Crippen molar-refractivity contribution in [3.05, 3.63) is 29.6 Å². The van der Waals surface area contributed by atoms with Gasteiger partial charge in [0.1, 0.15) is 0 Å². The largest absolute Gasteiger partial charge is 0.376 e. The van der Waals surface area contributed by atoms with Gasteiger partial charge < -0.3 is 4.74 Å². The normalized spacial score (nSPS) is 23.6. The van der Waals surface area contributed by atoms with E-state index < -0.39 is 0 Å². The van der Waals surface area contributed by atoms with Crippen molar-refractivity contribution in [2.75, 3.05) is 19.7 Å². The maximum Gasteiger partial charge on any atom is 0.0674 e. The molecule has 2 rings (SSSR count). The molecule has 0 amide bonds. The van der Waals surface area contributed by atoms with E-state index in [1.54, 1.807) is 0 Å². The van der Waals surface area contributed by atoms with Crippen molar-refractivity contribution in [2.24, 2.45) is 0 Å². The molecule has 1 aromatic heterocycles. The lowest BCUT2D eigenvalue weighted by molar-refractivity contribution is -0.0320.